The average molecular weight is 441 g/mol. The number of aromatic nitrogens is 1. The van der Waals surface area contributed by atoms with E-state index in [1.165, 1.54) is 12.1 Å². The van der Waals surface area contributed by atoms with E-state index in [2.05, 4.69) is 9.98 Å². The molecule has 2 aromatic rings. The predicted molar refractivity (Wildman–Crippen MR) is 102 cm³/mol. The molecule has 31 heavy (non-hydrogen) atoms. The van der Waals surface area contributed by atoms with Gasteiger partial charge in [0.1, 0.15) is 5.75 Å². The summed E-state index contributed by atoms with van der Waals surface area (Å²) in [6.45, 7) is -1.38. The first kappa shape index (κ1) is 21.5. The minimum absolute atomic E-state index is 0.0732. The molecule has 1 atom stereocenters. The van der Waals surface area contributed by atoms with E-state index in [4.69, 9.17) is 9.47 Å². The summed E-state index contributed by atoms with van der Waals surface area (Å²) in [4.78, 5) is 10.4. The van der Waals surface area contributed by atoms with Crippen LogP contribution in [0.15, 0.2) is 47.6 Å². The number of fused-ring (bicyclic) bond motifs is 1. The molecule has 5 nitrogen and oxygen atoms in total. The van der Waals surface area contributed by atoms with Gasteiger partial charge in [0.2, 0.25) is 12.3 Å². The first-order valence-electron chi connectivity index (χ1n) is 9.81. The van der Waals surface area contributed by atoms with Crippen LogP contribution < -0.4 is 20.3 Å². The fourth-order valence-electron chi connectivity index (χ4n) is 3.50. The zero-order valence-electron chi connectivity index (χ0n) is 16.4. The van der Waals surface area contributed by atoms with E-state index < -0.39 is 25.1 Å². The number of alkyl halides is 5. The van der Waals surface area contributed by atoms with Gasteiger partial charge in [0.05, 0.1) is 6.10 Å². The maximum atomic E-state index is 13.5. The van der Waals surface area contributed by atoms with Gasteiger partial charge in [0, 0.05) is 36.1 Å². The lowest BCUT2D eigenvalue weighted by Gasteiger charge is -2.35. The Morgan fingerprint density at radius 1 is 1.06 bits per heavy atom. The maximum absolute atomic E-state index is 13.5. The monoisotopic (exact) mass is 441 g/mol. The van der Waals surface area contributed by atoms with E-state index in [1.54, 1.807) is 35.5 Å². The van der Waals surface area contributed by atoms with Crippen LogP contribution in [0.25, 0.3) is 6.20 Å². The normalized spacial score (nSPS) is 21.1. The lowest BCUT2D eigenvalue weighted by Crippen LogP contribution is -2.46. The van der Waals surface area contributed by atoms with Crippen LogP contribution in [-0.4, -0.2) is 36.1 Å². The molecule has 1 aromatic carbocycles. The Morgan fingerprint density at radius 2 is 1.77 bits per heavy atom. The molecule has 0 saturated heterocycles. The van der Waals surface area contributed by atoms with Crippen molar-refractivity contribution in [3.05, 3.63) is 53.3 Å². The number of rotatable bonds is 5. The number of nitrogens with zero attached hydrogens (tertiary/aromatic N) is 3. The highest BCUT2D eigenvalue weighted by atomic mass is 19.4. The summed E-state index contributed by atoms with van der Waals surface area (Å²) in [5.41, 5.74) is 1.07. The Morgan fingerprint density at radius 3 is 2.45 bits per heavy atom. The highest BCUT2D eigenvalue weighted by Crippen LogP contribution is 2.35. The summed E-state index contributed by atoms with van der Waals surface area (Å²) in [5.74, 6) is -2.60. The minimum atomic E-state index is -4.43. The Bertz CT molecular complexity index is 1020. The van der Waals surface area contributed by atoms with Gasteiger partial charge in [-0.1, -0.05) is 0 Å². The molecule has 10 heteroatoms. The Hall–Kier alpha value is -2.75. The van der Waals surface area contributed by atoms with Crippen LogP contribution >= 0.6 is 0 Å². The smallest absolute Gasteiger partial charge is 0.422 e. The van der Waals surface area contributed by atoms with Gasteiger partial charge in [0.15, 0.2) is 12.1 Å². The Kier molecular flexibility index (Phi) is 5.83. The summed E-state index contributed by atoms with van der Waals surface area (Å²) >= 11 is 0. The molecule has 1 saturated carbocycles. The van der Waals surface area contributed by atoms with Crippen molar-refractivity contribution in [2.75, 3.05) is 11.5 Å². The molecule has 2 aliphatic rings. The molecule has 4 rings (SSSR count). The predicted octanol–water partition coefficient (Wildman–Crippen LogP) is 3.78. The fourth-order valence-corrected chi connectivity index (χ4v) is 3.50. The SMILES string of the molecule is FC(F)(F)COc1ccc(N2C=c3cccnc3=NC2OC2CCC(F)(F)CC2)cc1. The molecule has 1 aliphatic heterocycles. The van der Waals surface area contributed by atoms with Crippen molar-refractivity contribution in [2.45, 2.75) is 50.2 Å². The minimum Gasteiger partial charge on any atom is -0.484 e. The highest BCUT2D eigenvalue weighted by Gasteiger charge is 2.37. The molecule has 0 amide bonds. The van der Waals surface area contributed by atoms with Crippen LogP contribution in [-0.2, 0) is 4.74 Å². The Labute approximate surface area is 174 Å². The molecule has 166 valence electrons. The number of hydrogen-bond donors (Lipinski definition) is 0. The quantitative estimate of drug-likeness (QED) is 0.663. The number of pyridine rings is 1. The fraction of sp³-hybridized carbons (Fsp3) is 0.429. The van der Waals surface area contributed by atoms with Crippen LogP contribution in [0.2, 0.25) is 0 Å². The third-order valence-corrected chi connectivity index (χ3v) is 5.08. The number of benzene rings is 1. The lowest BCUT2D eigenvalue weighted by atomic mass is 9.94. The lowest BCUT2D eigenvalue weighted by molar-refractivity contribution is -0.153. The van der Waals surface area contributed by atoms with E-state index in [0.717, 1.165) is 5.22 Å². The van der Waals surface area contributed by atoms with Crippen molar-refractivity contribution in [1.82, 2.24) is 4.98 Å². The summed E-state index contributed by atoms with van der Waals surface area (Å²) in [6.07, 6.45) is -2.34. The van der Waals surface area contributed by atoms with Crippen LogP contribution in [0, 0.1) is 0 Å². The van der Waals surface area contributed by atoms with Gasteiger partial charge in [0.25, 0.3) is 0 Å². The third-order valence-electron chi connectivity index (χ3n) is 5.08. The van der Waals surface area contributed by atoms with Crippen molar-refractivity contribution in [1.29, 1.82) is 0 Å². The second-order valence-corrected chi connectivity index (χ2v) is 7.50. The molecule has 0 bridgehead atoms. The van der Waals surface area contributed by atoms with Gasteiger partial charge < -0.3 is 14.4 Å². The van der Waals surface area contributed by atoms with E-state index in [9.17, 15) is 22.0 Å². The topological polar surface area (TPSA) is 47.0 Å². The number of hydrogen-bond acceptors (Lipinski definition) is 5. The van der Waals surface area contributed by atoms with Crippen LogP contribution in [0.3, 0.4) is 0 Å². The molecule has 1 fully saturated rings. The number of halogens is 5. The molecule has 1 unspecified atom stereocenters. The summed E-state index contributed by atoms with van der Waals surface area (Å²) in [7, 11) is 0. The van der Waals surface area contributed by atoms with Gasteiger partial charge in [-0.05, 0) is 49.2 Å². The largest absolute Gasteiger partial charge is 0.484 e. The van der Waals surface area contributed by atoms with E-state index >= 15 is 0 Å². The van der Waals surface area contributed by atoms with Gasteiger partial charge in [-0.15, -0.1) is 0 Å². The number of ether oxygens (including phenoxy) is 2. The van der Waals surface area contributed by atoms with Crippen molar-refractivity contribution < 1.29 is 31.4 Å². The van der Waals surface area contributed by atoms with Crippen molar-refractivity contribution in [2.24, 2.45) is 4.99 Å². The second kappa shape index (κ2) is 8.41. The van der Waals surface area contributed by atoms with E-state index in [-0.39, 0.29) is 37.5 Å². The number of anilines is 1. The van der Waals surface area contributed by atoms with Crippen molar-refractivity contribution >= 4 is 11.9 Å². The zero-order valence-corrected chi connectivity index (χ0v) is 16.4. The van der Waals surface area contributed by atoms with Crippen LogP contribution in [0.1, 0.15) is 25.7 Å². The van der Waals surface area contributed by atoms with Crippen LogP contribution in [0.5, 0.6) is 5.75 Å². The highest BCUT2D eigenvalue weighted by molar-refractivity contribution is 5.60. The summed E-state index contributed by atoms with van der Waals surface area (Å²) < 4.78 is 74.8. The molecule has 1 aliphatic carbocycles. The average Bonchev–Trinajstić information content (AvgIpc) is 2.73. The standard InChI is InChI=1S/C21H20F5N3O2/c22-20(23)9-7-17(8-10-20)31-19-28-18-14(2-1-11-27-18)12-29(19)15-3-5-16(6-4-15)30-13-21(24,25)26/h1-6,11-12,17,19H,7-10,13H2. The summed E-state index contributed by atoms with van der Waals surface area (Å²) in [5, 5.41) is 0.731. The zero-order chi connectivity index (χ0) is 22.1. The van der Waals surface area contributed by atoms with Gasteiger partial charge in [-0.3, -0.25) is 0 Å². The molecule has 2 heterocycles. The van der Waals surface area contributed by atoms with Gasteiger partial charge in [-0.25, -0.2) is 18.8 Å². The van der Waals surface area contributed by atoms with Crippen LogP contribution in [0.4, 0.5) is 27.6 Å². The first-order valence-corrected chi connectivity index (χ1v) is 9.81. The molecule has 0 radical (unpaired) electrons. The van der Waals surface area contributed by atoms with Crippen molar-refractivity contribution in [3.8, 4) is 5.75 Å². The molecule has 0 spiro atoms. The molecule has 0 N–H and O–H groups in total. The first-order chi connectivity index (χ1) is 14.7. The van der Waals surface area contributed by atoms with Crippen molar-refractivity contribution in [3.63, 3.8) is 0 Å². The molecular formula is C21H20F5N3O2. The Balaban J connectivity index is 1.55. The second-order valence-electron chi connectivity index (χ2n) is 7.50. The third kappa shape index (κ3) is 5.49. The maximum Gasteiger partial charge on any atom is 0.422 e. The van der Waals surface area contributed by atoms with E-state index in [1.807, 2.05) is 6.07 Å². The van der Waals surface area contributed by atoms with E-state index in [0.29, 0.717) is 11.2 Å². The molecular weight excluding hydrogens is 421 g/mol. The summed E-state index contributed by atoms with van der Waals surface area (Å²) in [6, 6.07) is 9.59. The molecule has 1 aromatic heterocycles. The van der Waals surface area contributed by atoms with Gasteiger partial charge in [-0.2, -0.15) is 13.2 Å². The van der Waals surface area contributed by atoms with Gasteiger partial charge >= 0.3 is 6.18 Å².